The van der Waals surface area contributed by atoms with Gasteiger partial charge in [0, 0.05) is 26.6 Å². The normalized spacial score (nSPS) is 11.6. The number of hydrogen-bond donors (Lipinski definition) is 2. The van der Waals surface area contributed by atoms with Gasteiger partial charge >= 0.3 is 0 Å². The Labute approximate surface area is 148 Å². The minimum atomic E-state index is -0.253. The highest BCUT2D eigenvalue weighted by Crippen LogP contribution is 1.99. The summed E-state index contributed by atoms with van der Waals surface area (Å²) in [6.45, 7) is 8.15. The van der Waals surface area contributed by atoms with Gasteiger partial charge in [-0.1, -0.05) is 5.16 Å². The van der Waals surface area contributed by atoms with Gasteiger partial charge in [-0.25, -0.2) is 0 Å². The van der Waals surface area contributed by atoms with E-state index in [1.165, 1.54) is 0 Å². The molecule has 0 fully saturated rings. The summed E-state index contributed by atoms with van der Waals surface area (Å²) in [6, 6.07) is 0. The number of aromatic nitrogens is 2. The van der Waals surface area contributed by atoms with Crippen molar-refractivity contribution < 1.29 is 9.32 Å². The molecule has 8 nitrogen and oxygen atoms in total. The van der Waals surface area contributed by atoms with Crippen molar-refractivity contribution in [2.75, 3.05) is 20.6 Å². The van der Waals surface area contributed by atoms with E-state index in [1.807, 2.05) is 20.8 Å². The van der Waals surface area contributed by atoms with Gasteiger partial charge in [0.05, 0.1) is 13.1 Å². The number of hydrogen-bond acceptors (Lipinski definition) is 5. The molecular formula is C13H25IN6O2. The third-order valence-corrected chi connectivity index (χ3v) is 2.44. The van der Waals surface area contributed by atoms with Gasteiger partial charge in [0.2, 0.25) is 11.8 Å². The second kappa shape index (κ2) is 8.91. The maximum atomic E-state index is 11.9. The molecule has 0 atom stereocenters. The molecule has 22 heavy (non-hydrogen) atoms. The van der Waals surface area contributed by atoms with E-state index in [-0.39, 0.29) is 42.0 Å². The van der Waals surface area contributed by atoms with Crippen molar-refractivity contribution in [2.24, 2.45) is 4.99 Å². The molecule has 0 aliphatic heterocycles. The first-order valence-corrected chi connectivity index (χ1v) is 6.73. The van der Waals surface area contributed by atoms with Gasteiger partial charge in [0.15, 0.2) is 11.8 Å². The van der Waals surface area contributed by atoms with Crippen LogP contribution in [0.3, 0.4) is 0 Å². The molecular weight excluding hydrogens is 399 g/mol. The minimum absolute atomic E-state index is 0. The average molecular weight is 424 g/mol. The smallest absolute Gasteiger partial charge is 0.240 e. The number of halogens is 1. The van der Waals surface area contributed by atoms with Gasteiger partial charge in [0.1, 0.15) is 0 Å². The Hall–Kier alpha value is -1.39. The van der Waals surface area contributed by atoms with E-state index < -0.39 is 0 Å². The molecule has 1 aromatic heterocycles. The van der Waals surface area contributed by atoms with Gasteiger partial charge in [-0.3, -0.25) is 9.79 Å². The van der Waals surface area contributed by atoms with Gasteiger partial charge in [-0.05, 0) is 20.8 Å². The van der Waals surface area contributed by atoms with Crippen LogP contribution in [0.25, 0.3) is 0 Å². The van der Waals surface area contributed by atoms with Crippen molar-refractivity contribution in [3.63, 3.8) is 0 Å². The average Bonchev–Trinajstić information content (AvgIpc) is 2.73. The van der Waals surface area contributed by atoms with Crippen LogP contribution in [0.15, 0.2) is 9.52 Å². The Morgan fingerprint density at radius 3 is 2.50 bits per heavy atom. The number of aryl methyl sites for hydroxylation is 1. The van der Waals surface area contributed by atoms with Crippen molar-refractivity contribution in [3.8, 4) is 0 Å². The van der Waals surface area contributed by atoms with Crippen molar-refractivity contribution >= 4 is 35.8 Å². The second-order valence-corrected chi connectivity index (χ2v) is 5.78. The summed E-state index contributed by atoms with van der Waals surface area (Å²) in [7, 11) is 3.45. The number of nitrogens with one attached hydrogen (secondary N) is 2. The van der Waals surface area contributed by atoms with Crippen molar-refractivity contribution in [1.29, 1.82) is 0 Å². The molecule has 0 radical (unpaired) electrons. The van der Waals surface area contributed by atoms with Gasteiger partial charge in [-0.2, -0.15) is 4.98 Å². The van der Waals surface area contributed by atoms with Crippen LogP contribution in [-0.4, -0.2) is 53.1 Å². The summed E-state index contributed by atoms with van der Waals surface area (Å²) >= 11 is 0. The van der Waals surface area contributed by atoms with Crippen LogP contribution in [0.5, 0.6) is 0 Å². The van der Waals surface area contributed by atoms with Crippen molar-refractivity contribution in [2.45, 2.75) is 39.8 Å². The van der Waals surface area contributed by atoms with E-state index in [1.54, 1.807) is 25.9 Å². The van der Waals surface area contributed by atoms with Crippen LogP contribution in [0.2, 0.25) is 0 Å². The zero-order valence-electron chi connectivity index (χ0n) is 13.9. The molecule has 1 aromatic rings. The lowest BCUT2D eigenvalue weighted by molar-refractivity contribution is -0.122. The SMILES string of the molecule is CN=C(NCc1noc(C)n1)N(C)CC(=O)NC(C)(C)C.I. The Balaban J connectivity index is 0.00000441. The van der Waals surface area contributed by atoms with Crippen LogP contribution < -0.4 is 10.6 Å². The fourth-order valence-corrected chi connectivity index (χ4v) is 1.70. The highest BCUT2D eigenvalue weighted by Gasteiger charge is 2.17. The number of aliphatic imine (C=N–C) groups is 1. The predicted octanol–water partition coefficient (Wildman–Crippen LogP) is 0.918. The molecule has 0 bridgehead atoms. The van der Waals surface area contributed by atoms with Gasteiger partial charge in [-0.15, -0.1) is 24.0 Å². The van der Waals surface area contributed by atoms with Crippen LogP contribution in [0.4, 0.5) is 0 Å². The summed E-state index contributed by atoms with van der Waals surface area (Å²) in [5, 5.41) is 9.77. The summed E-state index contributed by atoms with van der Waals surface area (Å²) < 4.78 is 4.89. The zero-order chi connectivity index (χ0) is 16.0. The first-order valence-electron chi connectivity index (χ1n) is 6.73. The fraction of sp³-hybridized carbons (Fsp3) is 0.692. The van der Waals surface area contributed by atoms with E-state index in [0.717, 1.165) is 0 Å². The summed E-state index contributed by atoms with van der Waals surface area (Å²) in [6.07, 6.45) is 0. The lowest BCUT2D eigenvalue weighted by Gasteiger charge is -2.25. The highest BCUT2D eigenvalue weighted by atomic mass is 127. The van der Waals surface area contributed by atoms with E-state index in [2.05, 4.69) is 25.8 Å². The zero-order valence-corrected chi connectivity index (χ0v) is 16.3. The van der Waals surface area contributed by atoms with Gasteiger partial charge < -0.3 is 20.1 Å². The molecule has 1 rings (SSSR count). The molecule has 2 N–H and O–H groups in total. The Morgan fingerprint density at radius 1 is 1.41 bits per heavy atom. The molecule has 1 heterocycles. The predicted molar refractivity (Wildman–Crippen MR) is 95.2 cm³/mol. The van der Waals surface area contributed by atoms with Crippen LogP contribution in [0, 0.1) is 6.92 Å². The Kier molecular flexibility index (Phi) is 8.35. The Morgan fingerprint density at radius 2 is 2.05 bits per heavy atom. The third-order valence-electron chi connectivity index (χ3n) is 2.44. The van der Waals surface area contributed by atoms with E-state index >= 15 is 0 Å². The van der Waals surface area contributed by atoms with Crippen LogP contribution in [0.1, 0.15) is 32.5 Å². The third kappa shape index (κ3) is 7.57. The number of rotatable bonds is 4. The molecule has 0 saturated carbocycles. The molecule has 0 unspecified atom stereocenters. The topological polar surface area (TPSA) is 95.7 Å². The minimum Gasteiger partial charge on any atom is -0.350 e. The maximum Gasteiger partial charge on any atom is 0.240 e. The quantitative estimate of drug-likeness (QED) is 0.424. The van der Waals surface area contributed by atoms with E-state index in [0.29, 0.717) is 24.2 Å². The van der Waals surface area contributed by atoms with Crippen LogP contribution in [-0.2, 0) is 11.3 Å². The Bertz CT molecular complexity index is 509. The number of amides is 1. The molecule has 9 heteroatoms. The van der Waals surface area contributed by atoms with Gasteiger partial charge in [0.25, 0.3) is 0 Å². The summed E-state index contributed by atoms with van der Waals surface area (Å²) in [5.41, 5.74) is -0.253. The number of guanidine groups is 1. The summed E-state index contributed by atoms with van der Waals surface area (Å²) in [5.74, 6) is 1.57. The van der Waals surface area contributed by atoms with Crippen LogP contribution >= 0.6 is 24.0 Å². The fourth-order valence-electron chi connectivity index (χ4n) is 1.70. The largest absolute Gasteiger partial charge is 0.350 e. The first kappa shape index (κ1) is 20.6. The van der Waals surface area contributed by atoms with E-state index in [4.69, 9.17) is 4.52 Å². The molecule has 1 amide bonds. The molecule has 0 aliphatic carbocycles. The summed E-state index contributed by atoms with van der Waals surface area (Å²) in [4.78, 5) is 21.8. The van der Waals surface area contributed by atoms with Crippen molar-refractivity contribution in [3.05, 3.63) is 11.7 Å². The molecule has 0 saturated heterocycles. The lowest BCUT2D eigenvalue weighted by Crippen LogP contribution is -2.48. The number of carbonyl (C=O) groups is 1. The first-order chi connectivity index (χ1) is 9.71. The number of likely N-dealkylation sites (N-methyl/N-ethyl adjacent to an activating group) is 1. The number of carbonyl (C=O) groups excluding carboxylic acids is 1. The standard InChI is InChI=1S/C13H24N6O2.HI/c1-9-16-10(18-21-9)7-15-12(14-5)19(6)8-11(20)17-13(2,3)4;/h7-8H2,1-6H3,(H,14,15)(H,17,20);1H. The highest BCUT2D eigenvalue weighted by molar-refractivity contribution is 14.0. The molecule has 126 valence electrons. The van der Waals surface area contributed by atoms with Crippen molar-refractivity contribution in [1.82, 2.24) is 25.7 Å². The maximum absolute atomic E-state index is 11.9. The molecule has 0 aromatic carbocycles. The molecule has 0 aliphatic rings. The lowest BCUT2D eigenvalue weighted by atomic mass is 10.1. The van der Waals surface area contributed by atoms with E-state index in [9.17, 15) is 4.79 Å². The molecule has 0 spiro atoms. The number of nitrogens with zero attached hydrogens (tertiary/aromatic N) is 4. The second-order valence-electron chi connectivity index (χ2n) is 5.78. The monoisotopic (exact) mass is 424 g/mol.